The van der Waals surface area contributed by atoms with E-state index in [0.717, 1.165) is 0 Å². The molecule has 0 fully saturated rings. The zero-order chi connectivity index (χ0) is 13.0. The van der Waals surface area contributed by atoms with Crippen molar-refractivity contribution < 1.29 is 13.9 Å². The Kier molecular flexibility index (Phi) is 3.62. The molecule has 1 aromatic heterocycles. The molecule has 0 spiro atoms. The summed E-state index contributed by atoms with van der Waals surface area (Å²) in [6.45, 7) is 0. The van der Waals surface area contributed by atoms with Gasteiger partial charge in [0.25, 0.3) is 0 Å². The molecule has 0 unspecified atom stereocenters. The molecule has 0 N–H and O–H groups in total. The van der Waals surface area contributed by atoms with Gasteiger partial charge in [-0.3, -0.25) is 4.79 Å². The minimum atomic E-state index is -0.396. The summed E-state index contributed by atoms with van der Waals surface area (Å²) in [4.78, 5) is 19.6. The third-order valence-corrected chi connectivity index (χ3v) is 2.45. The molecule has 0 radical (unpaired) electrons. The monoisotopic (exact) mass is 246 g/mol. The van der Waals surface area contributed by atoms with Gasteiger partial charge in [-0.1, -0.05) is 18.2 Å². The van der Waals surface area contributed by atoms with E-state index in [1.54, 1.807) is 18.2 Å². The Bertz CT molecular complexity index is 572. The molecular weight excluding hydrogens is 235 g/mol. The van der Waals surface area contributed by atoms with Gasteiger partial charge in [-0.25, -0.2) is 14.4 Å². The second-order valence-corrected chi connectivity index (χ2v) is 3.64. The fraction of sp³-hybridized carbons (Fsp3) is 0.154. The largest absolute Gasteiger partial charge is 0.481 e. The fourth-order valence-electron chi connectivity index (χ4n) is 1.51. The van der Waals surface area contributed by atoms with Gasteiger partial charge in [-0.05, 0) is 11.6 Å². The number of hydrogen-bond acceptors (Lipinski definition) is 4. The molecule has 18 heavy (non-hydrogen) atoms. The van der Waals surface area contributed by atoms with Crippen LogP contribution in [0.2, 0.25) is 0 Å². The van der Waals surface area contributed by atoms with Crippen LogP contribution in [0.3, 0.4) is 0 Å². The Morgan fingerprint density at radius 3 is 2.83 bits per heavy atom. The summed E-state index contributed by atoms with van der Waals surface area (Å²) in [5, 5.41) is 0. The summed E-state index contributed by atoms with van der Waals surface area (Å²) < 4.78 is 18.3. The first-order chi connectivity index (χ1) is 8.70. The van der Waals surface area contributed by atoms with Gasteiger partial charge in [0.15, 0.2) is 5.78 Å². The molecule has 0 aliphatic rings. The lowest BCUT2D eigenvalue weighted by atomic mass is 10.1. The highest BCUT2D eigenvalue weighted by atomic mass is 19.1. The van der Waals surface area contributed by atoms with Gasteiger partial charge in [0.05, 0.1) is 7.11 Å². The highest BCUT2D eigenvalue weighted by Gasteiger charge is 2.12. The van der Waals surface area contributed by atoms with Crippen molar-refractivity contribution in [2.45, 2.75) is 6.42 Å². The van der Waals surface area contributed by atoms with Crippen LogP contribution < -0.4 is 4.74 Å². The predicted octanol–water partition coefficient (Wildman–Crippen LogP) is 2.05. The van der Waals surface area contributed by atoms with Crippen LogP contribution in [0.4, 0.5) is 4.39 Å². The molecule has 0 saturated heterocycles. The van der Waals surface area contributed by atoms with Crippen molar-refractivity contribution >= 4 is 5.78 Å². The van der Waals surface area contributed by atoms with Gasteiger partial charge >= 0.3 is 0 Å². The number of aromatic nitrogens is 2. The number of carbonyl (C=O) groups excluding carboxylic acids is 1. The number of carbonyl (C=O) groups is 1. The maximum atomic E-state index is 13.4. The number of methoxy groups -OCH3 is 1. The van der Waals surface area contributed by atoms with E-state index < -0.39 is 5.82 Å². The van der Waals surface area contributed by atoms with E-state index in [-0.39, 0.29) is 17.9 Å². The number of halogens is 1. The van der Waals surface area contributed by atoms with Crippen LogP contribution >= 0.6 is 0 Å². The molecular formula is C13H11FN2O2. The Morgan fingerprint density at radius 1 is 1.33 bits per heavy atom. The van der Waals surface area contributed by atoms with Gasteiger partial charge in [0, 0.05) is 12.5 Å². The summed E-state index contributed by atoms with van der Waals surface area (Å²) in [7, 11) is 1.45. The third-order valence-electron chi connectivity index (χ3n) is 2.45. The third kappa shape index (κ3) is 2.68. The molecule has 2 aromatic rings. The molecule has 92 valence electrons. The minimum absolute atomic E-state index is 0.0349. The Hall–Kier alpha value is -2.30. The molecule has 0 bridgehead atoms. The number of Topliss-reactive ketones (excluding diaryl/α,β-unsaturated/α-hetero) is 1. The molecule has 0 saturated carbocycles. The van der Waals surface area contributed by atoms with Crippen molar-refractivity contribution in [1.29, 1.82) is 0 Å². The van der Waals surface area contributed by atoms with Crippen molar-refractivity contribution in [1.82, 2.24) is 9.97 Å². The number of hydrogen-bond donors (Lipinski definition) is 0. The number of nitrogens with zero attached hydrogens (tertiary/aromatic N) is 2. The lowest BCUT2D eigenvalue weighted by molar-refractivity contribution is 0.0986. The molecule has 1 heterocycles. The van der Waals surface area contributed by atoms with E-state index in [2.05, 4.69) is 9.97 Å². The summed E-state index contributed by atoms with van der Waals surface area (Å²) in [6, 6.07) is 7.60. The quantitative estimate of drug-likeness (QED) is 0.775. The summed E-state index contributed by atoms with van der Waals surface area (Å²) in [5.41, 5.74) is 0.560. The maximum Gasteiger partial charge on any atom is 0.216 e. The second-order valence-electron chi connectivity index (χ2n) is 3.64. The Balaban J connectivity index is 2.19. The summed E-state index contributed by atoms with van der Waals surface area (Å²) in [6.07, 6.45) is 1.21. The van der Waals surface area contributed by atoms with Crippen LogP contribution in [0.5, 0.6) is 5.88 Å². The average Bonchev–Trinajstić information content (AvgIpc) is 2.41. The van der Waals surface area contributed by atoms with E-state index in [4.69, 9.17) is 4.74 Å². The van der Waals surface area contributed by atoms with Crippen LogP contribution in [-0.2, 0) is 6.42 Å². The van der Waals surface area contributed by atoms with Crippen LogP contribution in [0.1, 0.15) is 16.1 Å². The van der Waals surface area contributed by atoms with Crippen LogP contribution in [0.15, 0.2) is 36.7 Å². The minimum Gasteiger partial charge on any atom is -0.481 e. The summed E-state index contributed by atoms with van der Waals surface area (Å²) >= 11 is 0. The highest BCUT2D eigenvalue weighted by molar-refractivity contribution is 5.95. The first-order valence-corrected chi connectivity index (χ1v) is 5.33. The zero-order valence-corrected chi connectivity index (χ0v) is 9.76. The number of ether oxygens (including phenoxy) is 1. The van der Waals surface area contributed by atoms with E-state index in [9.17, 15) is 9.18 Å². The highest BCUT2D eigenvalue weighted by Crippen LogP contribution is 2.12. The van der Waals surface area contributed by atoms with Crippen LogP contribution in [0.25, 0.3) is 0 Å². The molecule has 0 aliphatic carbocycles. The van der Waals surface area contributed by atoms with Gasteiger partial charge < -0.3 is 4.74 Å². The van der Waals surface area contributed by atoms with Crippen LogP contribution in [0, 0.1) is 5.82 Å². The topological polar surface area (TPSA) is 52.1 Å². The molecule has 2 rings (SSSR count). The first-order valence-electron chi connectivity index (χ1n) is 5.33. The predicted molar refractivity (Wildman–Crippen MR) is 63.0 cm³/mol. The normalized spacial score (nSPS) is 10.1. The van der Waals surface area contributed by atoms with Crippen molar-refractivity contribution in [2.75, 3.05) is 7.11 Å². The Morgan fingerprint density at radius 2 is 2.11 bits per heavy atom. The molecule has 5 heteroatoms. The van der Waals surface area contributed by atoms with E-state index >= 15 is 0 Å². The molecule has 0 amide bonds. The fourth-order valence-corrected chi connectivity index (χ4v) is 1.51. The van der Waals surface area contributed by atoms with Crippen molar-refractivity contribution in [2.24, 2.45) is 0 Å². The summed E-state index contributed by atoms with van der Waals surface area (Å²) in [5.74, 6) is -0.366. The van der Waals surface area contributed by atoms with Crippen molar-refractivity contribution in [3.63, 3.8) is 0 Å². The molecule has 0 atom stereocenters. The number of rotatable bonds is 4. The number of ketones is 1. The van der Waals surface area contributed by atoms with E-state index in [1.165, 1.54) is 25.6 Å². The molecule has 1 aromatic carbocycles. The SMILES string of the molecule is COc1cc(C(=O)Cc2ccccc2F)ncn1. The second kappa shape index (κ2) is 5.35. The van der Waals surface area contributed by atoms with Gasteiger partial charge in [0.2, 0.25) is 5.88 Å². The van der Waals surface area contributed by atoms with E-state index in [1.807, 2.05) is 0 Å². The van der Waals surface area contributed by atoms with Crippen molar-refractivity contribution in [3.8, 4) is 5.88 Å². The van der Waals surface area contributed by atoms with Crippen LogP contribution in [-0.4, -0.2) is 22.9 Å². The van der Waals surface area contributed by atoms with E-state index in [0.29, 0.717) is 11.4 Å². The average molecular weight is 246 g/mol. The first kappa shape index (κ1) is 12.2. The number of benzene rings is 1. The van der Waals surface area contributed by atoms with Gasteiger partial charge in [0.1, 0.15) is 17.8 Å². The maximum absolute atomic E-state index is 13.4. The zero-order valence-electron chi connectivity index (χ0n) is 9.76. The van der Waals surface area contributed by atoms with Gasteiger partial charge in [-0.2, -0.15) is 0 Å². The molecule has 0 aliphatic heterocycles. The molecule has 4 nitrogen and oxygen atoms in total. The lowest BCUT2D eigenvalue weighted by Crippen LogP contribution is -2.08. The Labute approximate surface area is 103 Å². The van der Waals surface area contributed by atoms with Gasteiger partial charge in [-0.15, -0.1) is 0 Å². The lowest BCUT2D eigenvalue weighted by Gasteiger charge is -2.03. The standard InChI is InChI=1S/C13H11FN2O2/c1-18-13-7-11(15-8-16-13)12(17)6-9-4-2-3-5-10(9)14/h2-5,7-8H,6H2,1H3. The smallest absolute Gasteiger partial charge is 0.216 e. The van der Waals surface area contributed by atoms with Crippen molar-refractivity contribution in [3.05, 3.63) is 53.7 Å².